The van der Waals surface area contributed by atoms with E-state index >= 15 is 0 Å². The van der Waals surface area contributed by atoms with Crippen molar-refractivity contribution in [1.82, 2.24) is 0 Å². The first kappa shape index (κ1) is 14.6. The molecule has 1 aliphatic heterocycles. The van der Waals surface area contributed by atoms with E-state index in [2.05, 4.69) is 26.0 Å². The van der Waals surface area contributed by atoms with Crippen molar-refractivity contribution < 1.29 is 14.3 Å². The second kappa shape index (κ2) is 4.97. The Morgan fingerprint density at radius 3 is 2.25 bits per heavy atom. The topological polar surface area (TPSA) is 35.5 Å². The standard InChI is InChI=1S/C17H22O3/c1-12-14(15(18)20-17(4,5)19-12)11-16(2,3)13-9-7-6-8-10-13/h6-10H,11H2,1-5H3. The molecule has 0 N–H and O–H groups in total. The average Bonchev–Trinajstić information content (AvgIpc) is 2.34. The molecule has 2 rings (SSSR count). The van der Waals surface area contributed by atoms with Crippen molar-refractivity contribution in [2.75, 3.05) is 0 Å². The van der Waals surface area contributed by atoms with Gasteiger partial charge in [0.1, 0.15) is 5.76 Å². The number of carbonyl (C=O) groups excluding carboxylic acids is 1. The summed E-state index contributed by atoms with van der Waals surface area (Å²) >= 11 is 0. The largest absolute Gasteiger partial charge is 0.457 e. The Labute approximate surface area is 120 Å². The predicted molar refractivity (Wildman–Crippen MR) is 78.0 cm³/mol. The lowest BCUT2D eigenvalue weighted by atomic mass is 9.78. The number of allylic oxidation sites excluding steroid dienone is 1. The van der Waals surface area contributed by atoms with E-state index in [0.717, 1.165) is 0 Å². The zero-order chi connectivity index (χ0) is 15.0. The summed E-state index contributed by atoms with van der Waals surface area (Å²) in [4.78, 5) is 12.2. The van der Waals surface area contributed by atoms with Gasteiger partial charge in [-0.05, 0) is 24.3 Å². The van der Waals surface area contributed by atoms with Crippen molar-refractivity contribution in [3.05, 3.63) is 47.2 Å². The van der Waals surface area contributed by atoms with Gasteiger partial charge in [-0.3, -0.25) is 0 Å². The zero-order valence-corrected chi connectivity index (χ0v) is 12.8. The molecule has 0 amide bonds. The van der Waals surface area contributed by atoms with Crippen LogP contribution in [0, 0.1) is 0 Å². The zero-order valence-electron chi connectivity index (χ0n) is 12.8. The summed E-state index contributed by atoms with van der Waals surface area (Å²) in [6.45, 7) is 9.56. The van der Waals surface area contributed by atoms with Crippen molar-refractivity contribution in [1.29, 1.82) is 0 Å². The van der Waals surface area contributed by atoms with Crippen molar-refractivity contribution in [2.45, 2.75) is 52.2 Å². The van der Waals surface area contributed by atoms with Crippen LogP contribution in [0.3, 0.4) is 0 Å². The van der Waals surface area contributed by atoms with E-state index < -0.39 is 5.79 Å². The molecular formula is C17H22O3. The fourth-order valence-electron chi connectivity index (χ4n) is 2.51. The van der Waals surface area contributed by atoms with Gasteiger partial charge in [0.05, 0.1) is 5.57 Å². The highest BCUT2D eigenvalue weighted by atomic mass is 16.7. The van der Waals surface area contributed by atoms with Crippen molar-refractivity contribution in [3.8, 4) is 0 Å². The average molecular weight is 274 g/mol. The second-order valence-electron chi connectivity index (χ2n) is 6.35. The summed E-state index contributed by atoms with van der Waals surface area (Å²) in [7, 11) is 0. The molecule has 1 heterocycles. The van der Waals surface area contributed by atoms with Gasteiger partial charge in [-0.15, -0.1) is 0 Å². The molecule has 0 spiro atoms. The van der Waals surface area contributed by atoms with Crippen LogP contribution in [0.2, 0.25) is 0 Å². The number of rotatable bonds is 3. The van der Waals surface area contributed by atoms with Crippen LogP contribution in [0.1, 0.15) is 46.6 Å². The highest BCUT2D eigenvalue weighted by Gasteiger charge is 2.36. The minimum absolute atomic E-state index is 0.151. The minimum Gasteiger partial charge on any atom is -0.457 e. The number of cyclic esters (lactones) is 1. The van der Waals surface area contributed by atoms with Gasteiger partial charge in [-0.1, -0.05) is 44.2 Å². The molecule has 1 aromatic carbocycles. The monoisotopic (exact) mass is 274 g/mol. The predicted octanol–water partition coefficient (Wildman–Crippen LogP) is 3.94. The second-order valence-corrected chi connectivity index (χ2v) is 6.35. The van der Waals surface area contributed by atoms with E-state index in [1.807, 2.05) is 25.1 Å². The van der Waals surface area contributed by atoms with E-state index in [1.54, 1.807) is 13.8 Å². The number of esters is 1. The lowest BCUT2D eigenvalue weighted by Gasteiger charge is -2.35. The van der Waals surface area contributed by atoms with Crippen LogP contribution in [-0.2, 0) is 19.7 Å². The summed E-state index contributed by atoms with van der Waals surface area (Å²) in [6.07, 6.45) is 0.595. The van der Waals surface area contributed by atoms with Gasteiger partial charge in [0.2, 0.25) is 5.79 Å². The number of hydrogen-bond donors (Lipinski definition) is 0. The van der Waals surface area contributed by atoms with Gasteiger partial charge in [-0.2, -0.15) is 0 Å². The summed E-state index contributed by atoms with van der Waals surface area (Å²) in [5.41, 5.74) is 1.66. The summed E-state index contributed by atoms with van der Waals surface area (Å²) in [5.74, 6) is -0.486. The molecule has 3 heteroatoms. The maximum Gasteiger partial charge on any atom is 0.340 e. The Hall–Kier alpha value is -1.77. The van der Waals surface area contributed by atoms with Gasteiger partial charge < -0.3 is 9.47 Å². The van der Waals surface area contributed by atoms with E-state index in [-0.39, 0.29) is 11.4 Å². The molecule has 1 aliphatic rings. The van der Waals surface area contributed by atoms with Gasteiger partial charge >= 0.3 is 5.97 Å². The Morgan fingerprint density at radius 2 is 1.70 bits per heavy atom. The number of benzene rings is 1. The van der Waals surface area contributed by atoms with Crippen molar-refractivity contribution in [2.24, 2.45) is 0 Å². The van der Waals surface area contributed by atoms with Gasteiger partial charge in [0.25, 0.3) is 0 Å². The highest BCUT2D eigenvalue weighted by molar-refractivity contribution is 5.90. The normalized spacial score (nSPS) is 18.6. The molecule has 0 saturated carbocycles. The molecule has 0 radical (unpaired) electrons. The lowest BCUT2D eigenvalue weighted by Crippen LogP contribution is -2.37. The Balaban J connectivity index is 2.27. The maximum atomic E-state index is 12.2. The molecule has 0 aromatic heterocycles. The minimum atomic E-state index is -0.873. The van der Waals surface area contributed by atoms with Crippen LogP contribution >= 0.6 is 0 Å². The molecular weight excluding hydrogens is 252 g/mol. The van der Waals surface area contributed by atoms with Crippen LogP contribution in [-0.4, -0.2) is 11.8 Å². The Bertz CT molecular complexity index is 539. The lowest BCUT2D eigenvalue weighted by molar-refractivity contribution is -0.207. The maximum absolute atomic E-state index is 12.2. The Kier molecular flexibility index (Phi) is 3.63. The third kappa shape index (κ3) is 3.03. The van der Waals surface area contributed by atoms with E-state index in [4.69, 9.17) is 9.47 Å². The summed E-state index contributed by atoms with van der Waals surface area (Å²) < 4.78 is 11.0. The van der Waals surface area contributed by atoms with E-state index in [9.17, 15) is 4.79 Å². The molecule has 0 unspecified atom stereocenters. The van der Waals surface area contributed by atoms with Crippen LogP contribution < -0.4 is 0 Å². The number of carbonyl (C=O) groups is 1. The van der Waals surface area contributed by atoms with Gasteiger partial charge in [0, 0.05) is 13.8 Å². The molecule has 0 bridgehead atoms. The van der Waals surface area contributed by atoms with E-state index in [0.29, 0.717) is 17.8 Å². The SMILES string of the molecule is CC1=C(CC(C)(C)c2ccccc2)C(=O)OC(C)(C)O1. The smallest absolute Gasteiger partial charge is 0.340 e. The quantitative estimate of drug-likeness (QED) is 0.783. The molecule has 0 saturated heterocycles. The number of hydrogen-bond acceptors (Lipinski definition) is 3. The molecule has 0 atom stereocenters. The van der Waals surface area contributed by atoms with Crippen molar-refractivity contribution >= 4 is 5.97 Å². The molecule has 108 valence electrons. The number of ether oxygens (including phenoxy) is 2. The molecule has 0 fully saturated rings. The van der Waals surface area contributed by atoms with Crippen LogP contribution in [0.15, 0.2) is 41.7 Å². The molecule has 0 aliphatic carbocycles. The molecule has 1 aromatic rings. The first-order valence-corrected chi connectivity index (χ1v) is 6.89. The fraction of sp³-hybridized carbons (Fsp3) is 0.471. The van der Waals surface area contributed by atoms with Gasteiger partial charge in [0.15, 0.2) is 0 Å². The molecule has 3 nitrogen and oxygen atoms in total. The first-order valence-electron chi connectivity index (χ1n) is 6.89. The first-order chi connectivity index (χ1) is 9.21. The summed E-state index contributed by atoms with van der Waals surface area (Å²) in [5, 5.41) is 0. The third-order valence-corrected chi connectivity index (χ3v) is 3.58. The Morgan fingerprint density at radius 1 is 1.10 bits per heavy atom. The van der Waals surface area contributed by atoms with Gasteiger partial charge in [-0.25, -0.2) is 4.79 Å². The van der Waals surface area contributed by atoms with Crippen molar-refractivity contribution in [3.63, 3.8) is 0 Å². The van der Waals surface area contributed by atoms with Crippen LogP contribution in [0.4, 0.5) is 0 Å². The van der Waals surface area contributed by atoms with Crippen LogP contribution in [0.5, 0.6) is 0 Å². The summed E-state index contributed by atoms with van der Waals surface area (Å²) in [6, 6.07) is 10.2. The third-order valence-electron chi connectivity index (χ3n) is 3.58. The van der Waals surface area contributed by atoms with E-state index in [1.165, 1.54) is 5.56 Å². The highest BCUT2D eigenvalue weighted by Crippen LogP contribution is 2.35. The molecule has 20 heavy (non-hydrogen) atoms. The van der Waals surface area contributed by atoms with Crippen LogP contribution in [0.25, 0.3) is 0 Å². The fourth-order valence-corrected chi connectivity index (χ4v) is 2.51.